The average Bonchev–Trinajstić information content (AvgIpc) is 2.46. The molecule has 0 spiro atoms. The van der Waals surface area contributed by atoms with Crippen molar-refractivity contribution < 1.29 is 23.3 Å². The molecule has 1 aromatic carbocycles. The van der Waals surface area contributed by atoms with Crippen molar-refractivity contribution in [3.63, 3.8) is 0 Å². The third kappa shape index (κ3) is 9.40. The number of quaternary nitrogens is 1. The topological polar surface area (TPSA) is 62.6 Å². The van der Waals surface area contributed by atoms with Crippen molar-refractivity contribution in [2.24, 2.45) is 0 Å². The SMILES string of the molecule is CC[NH+](CC(=O)Nc1ccc(SC(F)F)cc1)CC(=O)NC(C)(C)C. The number of thioether (sulfide) groups is 1. The van der Waals surface area contributed by atoms with Gasteiger partial charge in [-0.15, -0.1) is 0 Å². The van der Waals surface area contributed by atoms with Crippen molar-refractivity contribution >= 4 is 29.3 Å². The Morgan fingerprint density at radius 3 is 2.16 bits per heavy atom. The van der Waals surface area contributed by atoms with Crippen molar-refractivity contribution in [2.75, 3.05) is 25.0 Å². The fraction of sp³-hybridized carbons (Fsp3) is 0.529. The summed E-state index contributed by atoms with van der Waals surface area (Å²) in [7, 11) is 0. The van der Waals surface area contributed by atoms with E-state index in [1.807, 2.05) is 27.7 Å². The molecule has 0 aromatic heterocycles. The molecule has 2 amide bonds. The Bertz CT molecular complexity index is 574. The van der Waals surface area contributed by atoms with Crippen molar-refractivity contribution in [2.45, 2.75) is 43.9 Å². The van der Waals surface area contributed by atoms with Gasteiger partial charge in [0.15, 0.2) is 13.1 Å². The summed E-state index contributed by atoms with van der Waals surface area (Å²) < 4.78 is 24.6. The van der Waals surface area contributed by atoms with Gasteiger partial charge in [0, 0.05) is 16.1 Å². The summed E-state index contributed by atoms with van der Waals surface area (Å²) in [5.74, 6) is -2.80. The van der Waals surface area contributed by atoms with Crippen LogP contribution >= 0.6 is 11.8 Å². The molecule has 140 valence electrons. The van der Waals surface area contributed by atoms with Crippen LogP contribution in [-0.2, 0) is 9.59 Å². The van der Waals surface area contributed by atoms with E-state index in [2.05, 4.69) is 10.6 Å². The van der Waals surface area contributed by atoms with Crippen LogP contribution in [0.3, 0.4) is 0 Å². The van der Waals surface area contributed by atoms with E-state index in [0.29, 0.717) is 28.9 Å². The molecule has 25 heavy (non-hydrogen) atoms. The number of anilines is 1. The lowest BCUT2D eigenvalue weighted by atomic mass is 10.1. The van der Waals surface area contributed by atoms with Crippen LogP contribution in [0, 0.1) is 0 Å². The molecule has 0 fully saturated rings. The van der Waals surface area contributed by atoms with Gasteiger partial charge in [-0.1, -0.05) is 11.8 Å². The molecule has 8 heteroatoms. The third-order valence-electron chi connectivity index (χ3n) is 3.20. The van der Waals surface area contributed by atoms with Crippen LogP contribution < -0.4 is 15.5 Å². The second-order valence-electron chi connectivity index (χ2n) is 6.71. The predicted molar refractivity (Wildman–Crippen MR) is 96.1 cm³/mol. The highest BCUT2D eigenvalue weighted by Gasteiger charge is 2.20. The molecule has 1 rings (SSSR count). The number of nitrogens with one attached hydrogen (secondary N) is 3. The van der Waals surface area contributed by atoms with E-state index in [4.69, 9.17) is 0 Å². The van der Waals surface area contributed by atoms with Gasteiger partial charge in [0.2, 0.25) is 0 Å². The first-order chi connectivity index (χ1) is 11.6. The lowest BCUT2D eigenvalue weighted by molar-refractivity contribution is -0.881. The van der Waals surface area contributed by atoms with Gasteiger partial charge in [0.25, 0.3) is 17.6 Å². The van der Waals surface area contributed by atoms with Gasteiger partial charge in [0.05, 0.1) is 6.54 Å². The van der Waals surface area contributed by atoms with E-state index in [9.17, 15) is 18.4 Å². The summed E-state index contributed by atoms with van der Waals surface area (Å²) in [4.78, 5) is 25.4. The minimum atomic E-state index is -2.47. The second-order valence-corrected chi connectivity index (χ2v) is 7.77. The highest BCUT2D eigenvalue weighted by Crippen LogP contribution is 2.26. The van der Waals surface area contributed by atoms with E-state index < -0.39 is 5.76 Å². The van der Waals surface area contributed by atoms with Crippen molar-refractivity contribution in [1.82, 2.24) is 5.32 Å². The van der Waals surface area contributed by atoms with E-state index >= 15 is 0 Å². The Balaban J connectivity index is 2.51. The Kier molecular flexibility index (Phi) is 8.31. The predicted octanol–water partition coefficient (Wildman–Crippen LogP) is 1.76. The molecule has 1 atom stereocenters. The Labute approximate surface area is 151 Å². The Morgan fingerprint density at radius 2 is 1.68 bits per heavy atom. The smallest absolute Gasteiger partial charge is 0.288 e. The van der Waals surface area contributed by atoms with Crippen LogP contribution in [0.15, 0.2) is 29.2 Å². The van der Waals surface area contributed by atoms with Gasteiger partial charge in [0.1, 0.15) is 0 Å². The Morgan fingerprint density at radius 1 is 1.12 bits per heavy atom. The number of amides is 2. The summed E-state index contributed by atoms with van der Waals surface area (Å²) in [6, 6.07) is 6.24. The molecule has 0 saturated heterocycles. The highest BCUT2D eigenvalue weighted by atomic mass is 32.2. The van der Waals surface area contributed by atoms with E-state index in [1.54, 1.807) is 12.1 Å². The maximum Gasteiger partial charge on any atom is 0.288 e. The van der Waals surface area contributed by atoms with Gasteiger partial charge in [-0.3, -0.25) is 9.59 Å². The van der Waals surface area contributed by atoms with Crippen LogP contribution in [0.5, 0.6) is 0 Å². The van der Waals surface area contributed by atoms with Crippen LogP contribution in [0.4, 0.5) is 14.5 Å². The number of rotatable bonds is 8. The van der Waals surface area contributed by atoms with Gasteiger partial charge in [-0.05, 0) is 52.0 Å². The first-order valence-corrected chi connectivity index (χ1v) is 8.96. The van der Waals surface area contributed by atoms with Crippen LogP contribution in [0.1, 0.15) is 27.7 Å². The standard InChI is InChI=1S/C17H25F2N3O2S/c1-5-22(11-15(24)21-17(2,3)4)10-14(23)20-12-6-8-13(9-7-12)25-16(18)19/h6-9,16H,5,10-11H2,1-4H3,(H,20,23)(H,21,24)/p+1. The number of benzene rings is 1. The fourth-order valence-electron chi connectivity index (χ4n) is 2.15. The van der Waals surface area contributed by atoms with Crippen molar-refractivity contribution in [3.8, 4) is 0 Å². The summed E-state index contributed by atoms with van der Waals surface area (Å²) in [5, 5.41) is 5.59. The zero-order valence-electron chi connectivity index (χ0n) is 15.0. The van der Waals surface area contributed by atoms with Crippen LogP contribution in [-0.4, -0.2) is 42.7 Å². The summed E-state index contributed by atoms with van der Waals surface area (Å²) >= 11 is 0.457. The second kappa shape index (κ2) is 9.72. The van der Waals surface area contributed by atoms with Gasteiger partial charge < -0.3 is 15.5 Å². The van der Waals surface area contributed by atoms with Crippen molar-refractivity contribution in [1.29, 1.82) is 0 Å². The zero-order valence-corrected chi connectivity index (χ0v) is 15.8. The molecule has 0 aliphatic rings. The number of halogens is 2. The molecule has 0 aliphatic heterocycles. The fourth-order valence-corrected chi connectivity index (χ4v) is 2.65. The summed E-state index contributed by atoms with van der Waals surface area (Å²) in [6.45, 7) is 8.61. The minimum absolute atomic E-state index is 0.106. The number of alkyl halides is 2. The van der Waals surface area contributed by atoms with Crippen molar-refractivity contribution in [3.05, 3.63) is 24.3 Å². The van der Waals surface area contributed by atoms with Gasteiger partial charge in [-0.2, -0.15) is 8.78 Å². The number of likely N-dealkylation sites (N-methyl/N-ethyl adjacent to an activating group) is 1. The van der Waals surface area contributed by atoms with Crippen LogP contribution in [0.2, 0.25) is 0 Å². The molecule has 0 aliphatic carbocycles. The lowest BCUT2D eigenvalue weighted by Gasteiger charge is -2.23. The van der Waals surface area contributed by atoms with E-state index in [0.717, 1.165) is 4.90 Å². The number of carbonyl (C=O) groups excluding carboxylic acids is 2. The molecule has 0 radical (unpaired) electrons. The highest BCUT2D eigenvalue weighted by molar-refractivity contribution is 7.99. The molecular formula is C17H26F2N3O2S+. The normalized spacial score (nSPS) is 12.8. The summed E-state index contributed by atoms with van der Waals surface area (Å²) in [5.41, 5.74) is 0.231. The molecule has 1 unspecified atom stereocenters. The number of hydrogen-bond donors (Lipinski definition) is 3. The maximum atomic E-state index is 12.3. The maximum absolute atomic E-state index is 12.3. The van der Waals surface area contributed by atoms with E-state index in [-0.39, 0.29) is 30.4 Å². The Hall–Kier alpha value is -1.67. The number of carbonyl (C=O) groups is 2. The van der Waals surface area contributed by atoms with E-state index in [1.165, 1.54) is 12.1 Å². The molecule has 3 N–H and O–H groups in total. The number of hydrogen-bond acceptors (Lipinski definition) is 3. The molecule has 1 aromatic rings. The molecule has 0 saturated carbocycles. The molecule has 5 nitrogen and oxygen atoms in total. The zero-order chi connectivity index (χ0) is 19.0. The van der Waals surface area contributed by atoms with Crippen LogP contribution in [0.25, 0.3) is 0 Å². The quantitative estimate of drug-likeness (QED) is 0.608. The molecule has 0 heterocycles. The summed E-state index contributed by atoms with van der Waals surface area (Å²) in [6.07, 6.45) is 0. The van der Waals surface area contributed by atoms with Gasteiger partial charge >= 0.3 is 0 Å². The molecular weight excluding hydrogens is 348 g/mol. The minimum Gasteiger partial charge on any atom is -0.347 e. The molecule has 0 bridgehead atoms. The largest absolute Gasteiger partial charge is 0.347 e. The lowest BCUT2D eigenvalue weighted by Crippen LogP contribution is -3.14. The third-order valence-corrected chi connectivity index (χ3v) is 3.92. The first kappa shape index (κ1) is 21.4. The first-order valence-electron chi connectivity index (χ1n) is 8.08. The average molecular weight is 374 g/mol. The van der Waals surface area contributed by atoms with Gasteiger partial charge in [-0.25, -0.2) is 0 Å². The monoisotopic (exact) mass is 374 g/mol.